The fourth-order valence-corrected chi connectivity index (χ4v) is 5.63. The zero-order valence-electron chi connectivity index (χ0n) is 22.0. The molecule has 0 aliphatic carbocycles. The van der Waals surface area contributed by atoms with Gasteiger partial charge < -0.3 is 20.3 Å². The SMILES string of the molecule is COCCn1cc(-c2cn3ncc(C(=O)Nc4cc(C(=O)NCCN5CC(C)(C)C5)cnc4C)c3s2)cn1. The lowest BCUT2D eigenvalue weighted by atomic mass is 9.84. The van der Waals surface area contributed by atoms with Crippen LogP contribution in [0.15, 0.2) is 37.1 Å². The van der Waals surface area contributed by atoms with Crippen molar-refractivity contribution in [2.45, 2.75) is 27.3 Å². The van der Waals surface area contributed by atoms with Gasteiger partial charge in [0.1, 0.15) is 4.83 Å². The van der Waals surface area contributed by atoms with Crippen LogP contribution in [0.25, 0.3) is 15.3 Å². The third-order valence-corrected chi connectivity index (χ3v) is 7.66. The van der Waals surface area contributed by atoms with Crippen LogP contribution in [0, 0.1) is 12.3 Å². The minimum atomic E-state index is -0.313. The number of likely N-dealkylation sites (tertiary alicyclic amines) is 1. The highest BCUT2D eigenvalue weighted by atomic mass is 32.1. The average molecular weight is 537 g/mol. The third-order valence-electron chi connectivity index (χ3n) is 6.50. The van der Waals surface area contributed by atoms with Gasteiger partial charge in [-0.15, -0.1) is 11.3 Å². The highest BCUT2D eigenvalue weighted by molar-refractivity contribution is 7.21. The number of methoxy groups -OCH3 is 1. The average Bonchev–Trinajstić information content (AvgIpc) is 3.58. The number of fused-ring (bicyclic) bond motifs is 1. The first kappa shape index (κ1) is 26.0. The Morgan fingerprint density at radius 1 is 1.11 bits per heavy atom. The van der Waals surface area contributed by atoms with Gasteiger partial charge in [0, 0.05) is 57.4 Å². The van der Waals surface area contributed by atoms with E-state index in [-0.39, 0.29) is 11.8 Å². The second-order valence-electron chi connectivity index (χ2n) is 10.3. The summed E-state index contributed by atoms with van der Waals surface area (Å²) in [6, 6.07) is 1.66. The molecule has 0 unspecified atom stereocenters. The summed E-state index contributed by atoms with van der Waals surface area (Å²) in [5.74, 6) is -0.526. The Kier molecular flexibility index (Phi) is 7.28. The number of rotatable bonds is 10. The number of ether oxygens (including phenoxy) is 1. The molecule has 200 valence electrons. The quantitative estimate of drug-likeness (QED) is 0.320. The van der Waals surface area contributed by atoms with E-state index in [0.717, 1.165) is 34.9 Å². The fraction of sp³-hybridized carbons (Fsp3) is 0.423. The summed E-state index contributed by atoms with van der Waals surface area (Å²) >= 11 is 1.46. The van der Waals surface area contributed by atoms with E-state index in [4.69, 9.17) is 4.74 Å². The topological polar surface area (TPSA) is 119 Å². The number of thiazole rings is 1. The number of hydrogen-bond acceptors (Lipinski definition) is 8. The van der Waals surface area contributed by atoms with Crippen LogP contribution in [0.1, 0.15) is 40.3 Å². The van der Waals surface area contributed by atoms with Gasteiger partial charge in [0.15, 0.2) is 0 Å². The number of hydrogen-bond donors (Lipinski definition) is 2. The molecule has 0 aromatic carbocycles. The zero-order chi connectivity index (χ0) is 26.9. The van der Waals surface area contributed by atoms with Crippen molar-refractivity contribution in [2.24, 2.45) is 5.41 Å². The van der Waals surface area contributed by atoms with Gasteiger partial charge in [0.05, 0.1) is 52.9 Å². The van der Waals surface area contributed by atoms with E-state index >= 15 is 0 Å². The molecule has 0 spiro atoms. The van der Waals surface area contributed by atoms with Crippen LogP contribution < -0.4 is 10.6 Å². The Hall–Kier alpha value is -3.61. The van der Waals surface area contributed by atoms with Crippen molar-refractivity contribution in [3.63, 3.8) is 0 Å². The van der Waals surface area contributed by atoms with Gasteiger partial charge in [-0.3, -0.25) is 19.3 Å². The summed E-state index contributed by atoms with van der Waals surface area (Å²) in [4.78, 5) is 34.2. The molecule has 1 fully saturated rings. The van der Waals surface area contributed by atoms with E-state index in [1.54, 1.807) is 37.0 Å². The molecule has 0 saturated carbocycles. The van der Waals surface area contributed by atoms with Crippen molar-refractivity contribution in [2.75, 3.05) is 45.2 Å². The Labute approximate surface area is 224 Å². The molecule has 0 bridgehead atoms. The van der Waals surface area contributed by atoms with Crippen LogP contribution in [0.5, 0.6) is 0 Å². The van der Waals surface area contributed by atoms with Crippen molar-refractivity contribution in [3.8, 4) is 10.4 Å². The summed E-state index contributed by atoms with van der Waals surface area (Å²) < 4.78 is 8.62. The molecule has 4 aromatic rings. The maximum Gasteiger partial charge on any atom is 0.260 e. The third kappa shape index (κ3) is 5.62. The minimum absolute atomic E-state index is 0.213. The normalized spacial score (nSPS) is 14.9. The van der Waals surface area contributed by atoms with Crippen molar-refractivity contribution in [1.29, 1.82) is 0 Å². The van der Waals surface area contributed by atoms with Gasteiger partial charge in [-0.05, 0) is 18.4 Å². The number of nitrogens with zero attached hydrogens (tertiary/aromatic N) is 6. The molecule has 38 heavy (non-hydrogen) atoms. The van der Waals surface area contributed by atoms with E-state index in [9.17, 15) is 9.59 Å². The summed E-state index contributed by atoms with van der Waals surface area (Å²) in [5, 5.41) is 14.6. The molecule has 0 atom stereocenters. The predicted molar refractivity (Wildman–Crippen MR) is 146 cm³/mol. The first-order valence-corrected chi connectivity index (χ1v) is 13.3. The van der Waals surface area contributed by atoms with Gasteiger partial charge in [-0.25, -0.2) is 4.52 Å². The van der Waals surface area contributed by atoms with E-state index < -0.39 is 0 Å². The van der Waals surface area contributed by atoms with Gasteiger partial charge in [0.2, 0.25) is 0 Å². The van der Waals surface area contributed by atoms with Crippen molar-refractivity contribution in [1.82, 2.24) is 34.6 Å². The van der Waals surface area contributed by atoms with Crippen LogP contribution in [0.3, 0.4) is 0 Å². The largest absolute Gasteiger partial charge is 0.383 e. The number of anilines is 1. The van der Waals surface area contributed by atoms with Crippen LogP contribution in [0.4, 0.5) is 5.69 Å². The highest BCUT2D eigenvalue weighted by Gasteiger charge is 2.33. The lowest BCUT2D eigenvalue weighted by molar-refractivity contribution is 0.0323. The number of pyridine rings is 1. The highest BCUT2D eigenvalue weighted by Crippen LogP contribution is 2.31. The minimum Gasteiger partial charge on any atom is -0.383 e. The maximum atomic E-state index is 13.2. The molecular weight excluding hydrogens is 504 g/mol. The lowest BCUT2D eigenvalue weighted by Gasteiger charge is -2.45. The van der Waals surface area contributed by atoms with Crippen LogP contribution in [-0.2, 0) is 11.3 Å². The van der Waals surface area contributed by atoms with Crippen molar-refractivity contribution in [3.05, 3.63) is 53.9 Å². The molecule has 4 aromatic heterocycles. The van der Waals surface area contributed by atoms with Crippen molar-refractivity contribution < 1.29 is 14.3 Å². The van der Waals surface area contributed by atoms with E-state index in [2.05, 4.69) is 44.6 Å². The second-order valence-corrected chi connectivity index (χ2v) is 11.4. The van der Waals surface area contributed by atoms with E-state index in [1.165, 1.54) is 17.5 Å². The number of nitrogens with one attached hydrogen (secondary N) is 2. The maximum absolute atomic E-state index is 13.2. The number of amides is 2. The molecule has 2 N–H and O–H groups in total. The van der Waals surface area contributed by atoms with Gasteiger partial charge in [0.25, 0.3) is 11.8 Å². The molecular formula is C26H32N8O3S. The summed E-state index contributed by atoms with van der Waals surface area (Å²) in [6.45, 7) is 11.0. The smallest absolute Gasteiger partial charge is 0.260 e. The molecule has 1 aliphatic heterocycles. The molecule has 5 rings (SSSR count). The zero-order valence-corrected chi connectivity index (χ0v) is 22.8. The number of carbonyl (C=O) groups is 2. The monoisotopic (exact) mass is 536 g/mol. The molecule has 12 heteroatoms. The van der Waals surface area contributed by atoms with Crippen LogP contribution >= 0.6 is 11.3 Å². The predicted octanol–water partition coefficient (Wildman–Crippen LogP) is 2.93. The van der Waals surface area contributed by atoms with Crippen LogP contribution in [-0.4, -0.2) is 81.0 Å². The first-order valence-electron chi connectivity index (χ1n) is 12.5. The second kappa shape index (κ2) is 10.6. The van der Waals surface area contributed by atoms with Gasteiger partial charge in [-0.2, -0.15) is 10.2 Å². The molecule has 11 nitrogen and oxygen atoms in total. The van der Waals surface area contributed by atoms with E-state index in [1.807, 2.05) is 17.1 Å². The molecule has 0 radical (unpaired) electrons. The lowest BCUT2D eigenvalue weighted by Crippen LogP contribution is -2.54. The molecule has 1 aliphatic rings. The van der Waals surface area contributed by atoms with Crippen molar-refractivity contribution >= 4 is 33.7 Å². The standard InChI is InChI=1S/C26H32N8O3S/c1-17-21(9-18(10-28-17)23(35)27-5-6-32-15-26(2,3)16-32)31-24(36)20-12-30-34-14-22(38-25(20)34)19-11-29-33(13-19)7-8-37-4/h9-14H,5-8,15-16H2,1-4H3,(H,27,35)(H,31,36). The number of carbonyl (C=O) groups excluding carboxylic acids is 2. The molecule has 2 amide bonds. The van der Waals surface area contributed by atoms with Gasteiger partial charge in [-0.1, -0.05) is 13.8 Å². The molecule has 5 heterocycles. The summed E-state index contributed by atoms with van der Waals surface area (Å²) in [5.41, 5.74) is 3.26. The molecule has 1 saturated heterocycles. The summed E-state index contributed by atoms with van der Waals surface area (Å²) in [6.07, 6.45) is 8.69. The number of aromatic nitrogens is 5. The van der Waals surface area contributed by atoms with Crippen LogP contribution in [0.2, 0.25) is 0 Å². The Bertz CT molecular complexity index is 1460. The fourth-order valence-electron chi connectivity index (χ4n) is 4.60. The Morgan fingerprint density at radius 2 is 1.92 bits per heavy atom. The number of aryl methyl sites for hydroxylation is 1. The Balaban J connectivity index is 1.25. The summed E-state index contributed by atoms with van der Waals surface area (Å²) in [7, 11) is 1.66. The Morgan fingerprint density at radius 3 is 2.68 bits per heavy atom. The first-order chi connectivity index (χ1) is 18.2. The van der Waals surface area contributed by atoms with E-state index in [0.29, 0.717) is 47.6 Å². The van der Waals surface area contributed by atoms with Gasteiger partial charge >= 0.3 is 0 Å².